The number of hydrogen-bond acceptors (Lipinski definition) is 1. The zero-order valence-electron chi connectivity index (χ0n) is 10.5. The van der Waals surface area contributed by atoms with Crippen LogP contribution in [0.5, 0.6) is 0 Å². The van der Waals surface area contributed by atoms with Crippen molar-refractivity contribution in [1.29, 1.82) is 0 Å². The van der Waals surface area contributed by atoms with Gasteiger partial charge in [-0.3, -0.25) is 4.79 Å². The average Bonchev–Trinajstić information content (AvgIpc) is 2.15. The number of carbonyl (C=O) groups is 1. The molecule has 0 rings (SSSR count). The van der Waals surface area contributed by atoms with Crippen molar-refractivity contribution in [2.45, 2.75) is 65.7 Å². The topological polar surface area (TPSA) is 37.3 Å². The van der Waals surface area contributed by atoms with Gasteiger partial charge in [0.25, 0.3) is 0 Å². The molecule has 0 radical (unpaired) electrons. The molecule has 0 bridgehead atoms. The summed E-state index contributed by atoms with van der Waals surface area (Å²) in [5.74, 6) is -0.507. The van der Waals surface area contributed by atoms with Crippen LogP contribution in [0.2, 0.25) is 0 Å². The van der Waals surface area contributed by atoms with Crippen molar-refractivity contribution in [3.05, 3.63) is 0 Å². The Hall–Kier alpha value is -0.530. The first-order valence-electron chi connectivity index (χ1n) is 6.32. The van der Waals surface area contributed by atoms with Gasteiger partial charge in [0, 0.05) is 0 Å². The molecule has 90 valence electrons. The summed E-state index contributed by atoms with van der Waals surface area (Å²) in [4.78, 5) is 10.9. The van der Waals surface area contributed by atoms with Crippen LogP contribution in [0.4, 0.5) is 0 Å². The van der Waals surface area contributed by atoms with Gasteiger partial charge in [-0.2, -0.15) is 0 Å². The summed E-state index contributed by atoms with van der Waals surface area (Å²) in [5.41, 5.74) is 0. The van der Waals surface area contributed by atoms with Gasteiger partial charge in [-0.05, 0) is 12.3 Å². The van der Waals surface area contributed by atoms with Crippen molar-refractivity contribution in [2.75, 3.05) is 0 Å². The van der Waals surface area contributed by atoms with Gasteiger partial charge in [0.1, 0.15) is 0 Å². The van der Waals surface area contributed by atoms with Crippen molar-refractivity contribution in [3.8, 4) is 0 Å². The summed E-state index contributed by atoms with van der Waals surface area (Å²) in [5, 5.41) is 8.98. The third-order valence-corrected chi connectivity index (χ3v) is 2.99. The second kappa shape index (κ2) is 8.75. The molecule has 0 saturated carbocycles. The Morgan fingerprint density at radius 1 is 1.07 bits per heavy atom. The van der Waals surface area contributed by atoms with Crippen molar-refractivity contribution < 1.29 is 9.90 Å². The normalized spacial score (nSPS) is 13.1. The van der Waals surface area contributed by atoms with Crippen LogP contribution in [0.15, 0.2) is 0 Å². The Kier molecular flexibility index (Phi) is 8.44. The van der Waals surface area contributed by atoms with Crippen LogP contribution in [0.1, 0.15) is 65.7 Å². The number of rotatable bonds is 9. The maximum atomic E-state index is 10.9. The zero-order valence-corrected chi connectivity index (χ0v) is 10.5. The number of aliphatic carboxylic acids is 1. The molecule has 0 aromatic heterocycles. The summed E-state index contributed by atoms with van der Waals surface area (Å²) < 4.78 is 0. The molecule has 2 heteroatoms. The Balaban J connectivity index is 3.50. The van der Waals surface area contributed by atoms with E-state index < -0.39 is 5.97 Å². The van der Waals surface area contributed by atoms with E-state index in [-0.39, 0.29) is 11.8 Å². The molecule has 0 aromatic rings. The number of hydrogen-bond donors (Lipinski definition) is 1. The third-order valence-electron chi connectivity index (χ3n) is 2.99. The summed E-state index contributed by atoms with van der Waals surface area (Å²) >= 11 is 0. The van der Waals surface area contributed by atoms with Crippen molar-refractivity contribution in [3.63, 3.8) is 0 Å². The highest BCUT2D eigenvalue weighted by Gasteiger charge is 2.20. The molecule has 15 heavy (non-hydrogen) atoms. The quantitative estimate of drug-likeness (QED) is 0.587. The monoisotopic (exact) mass is 214 g/mol. The van der Waals surface area contributed by atoms with E-state index in [2.05, 4.69) is 6.92 Å². The molecule has 0 spiro atoms. The fourth-order valence-corrected chi connectivity index (χ4v) is 1.89. The fraction of sp³-hybridized carbons (Fsp3) is 0.923. The molecule has 1 atom stereocenters. The van der Waals surface area contributed by atoms with Gasteiger partial charge >= 0.3 is 5.97 Å². The van der Waals surface area contributed by atoms with E-state index in [1.165, 1.54) is 32.1 Å². The van der Waals surface area contributed by atoms with E-state index in [0.29, 0.717) is 0 Å². The van der Waals surface area contributed by atoms with Gasteiger partial charge in [0.05, 0.1) is 5.92 Å². The summed E-state index contributed by atoms with van der Waals surface area (Å²) in [6.07, 6.45) is 8.25. The predicted molar refractivity (Wildman–Crippen MR) is 64.0 cm³/mol. The SMILES string of the molecule is CCCCCCCCC(C(=O)O)C(C)C. The third kappa shape index (κ3) is 7.40. The van der Waals surface area contributed by atoms with E-state index >= 15 is 0 Å². The van der Waals surface area contributed by atoms with Crippen molar-refractivity contribution in [1.82, 2.24) is 0 Å². The molecule has 0 aliphatic carbocycles. The van der Waals surface area contributed by atoms with Crippen LogP contribution < -0.4 is 0 Å². The van der Waals surface area contributed by atoms with Crippen LogP contribution in [-0.2, 0) is 4.79 Å². The number of unbranched alkanes of at least 4 members (excludes halogenated alkanes) is 5. The van der Waals surface area contributed by atoms with Crippen LogP contribution in [0.25, 0.3) is 0 Å². The number of carboxylic acids is 1. The molecule has 0 fully saturated rings. The highest BCUT2D eigenvalue weighted by molar-refractivity contribution is 5.70. The second-order valence-corrected chi connectivity index (χ2v) is 4.75. The van der Waals surface area contributed by atoms with E-state index in [1.54, 1.807) is 0 Å². The average molecular weight is 214 g/mol. The lowest BCUT2D eigenvalue weighted by Crippen LogP contribution is -2.19. The summed E-state index contributed by atoms with van der Waals surface area (Å²) in [7, 11) is 0. The highest BCUT2D eigenvalue weighted by Crippen LogP contribution is 2.19. The largest absolute Gasteiger partial charge is 0.481 e. The first-order valence-corrected chi connectivity index (χ1v) is 6.32. The standard InChI is InChI=1S/C13H26O2/c1-4-5-6-7-8-9-10-12(11(2)3)13(14)15/h11-12H,4-10H2,1-3H3,(H,14,15). The molecule has 0 aromatic carbocycles. The maximum Gasteiger partial charge on any atom is 0.306 e. The van der Waals surface area contributed by atoms with E-state index in [0.717, 1.165) is 12.8 Å². The Morgan fingerprint density at radius 2 is 1.60 bits per heavy atom. The molecular formula is C13H26O2. The fourth-order valence-electron chi connectivity index (χ4n) is 1.89. The van der Waals surface area contributed by atoms with E-state index in [9.17, 15) is 4.79 Å². The van der Waals surface area contributed by atoms with Crippen molar-refractivity contribution in [2.24, 2.45) is 11.8 Å². The van der Waals surface area contributed by atoms with Crippen molar-refractivity contribution >= 4 is 5.97 Å². The first kappa shape index (κ1) is 14.5. The molecule has 0 saturated heterocycles. The van der Waals surface area contributed by atoms with Gasteiger partial charge < -0.3 is 5.11 Å². The maximum absolute atomic E-state index is 10.9. The highest BCUT2D eigenvalue weighted by atomic mass is 16.4. The number of carboxylic acid groups (broad SMARTS) is 1. The molecule has 1 unspecified atom stereocenters. The van der Waals surface area contributed by atoms with Crippen LogP contribution >= 0.6 is 0 Å². The smallest absolute Gasteiger partial charge is 0.306 e. The molecule has 0 heterocycles. The minimum Gasteiger partial charge on any atom is -0.481 e. The van der Waals surface area contributed by atoms with Gasteiger partial charge in [0.2, 0.25) is 0 Å². The lowest BCUT2D eigenvalue weighted by atomic mass is 9.90. The first-order chi connectivity index (χ1) is 7.09. The van der Waals surface area contributed by atoms with Gasteiger partial charge in [-0.1, -0.05) is 59.3 Å². The Bertz CT molecular complexity index is 164. The zero-order chi connectivity index (χ0) is 11.7. The molecule has 2 nitrogen and oxygen atoms in total. The summed E-state index contributed by atoms with van der Waals surface area (Å²) in [6.45, 7) is 6.20. The molecule has 0 aliphatic rings. The molecule has 0 amide bonds. The van der Waals surface area contributed by atoms with Crippen LogP contribution in [0.3, 0.4) is 0 Å². The van der Waals surface area contributed by atoms with Gasteiger partial charge in [0.15, 0.2) is 0 Å². The van der Waals surface area contributed by atoms with Crippen LogP contribution in [0, 0.1) is 11.8 Å². The molecule has 1 N–H and O–H groups in total. The van der Waals surface area contributed by atoms with E-state index in [1.807, 2.05) is 13.8 Å². The lowest BCUT2D eigenvalue weighted by Gasteiger charge is -2.15. The van der Waals surface area contributed by atoms with Crippen LogP contribution in [-0.4, -0.2) is 11.1 Å². The van der Waals surface area contributed by atoms with Gasteiger partial charge in [-0.15, -0.1) is 0 Å². The molecule has 0 aliphatic heterocycles. The van der Waals surface area contributed by atoms with Gasteiger partial charge in [-0.25, -0.2) is 0 Å². The minimum atomic E-state index is -0.626. The van der Waals surface area contributed by atoms with E-state index in [4.69, 9.17) is 5.11 Å². The Morgan fingerprint density at radius 3 is 2.07 bits per heavy atom. The molecular weight excluding hydrogens is 188 g/mol. The minimum absolute atomic E-state index is 0.142. The Labute approximate surface area is 94.1 Å². The predicted octanol–water partition coefficient (Wildman–Crippen LogP) is 4.09. The summed E-state index contributed by atoms with van der Waals surface area (Å²) in [6, 6.07) is 0. The lowest BCUT2D eigenvalue weighted by molar-refractivity contribution is -0.143. The second-order valence-electron chi connectivity index (χ2n) is 4.75.